The minimum Gasteiger partial charge on any atom is -0.492 e. The molecule has 34 heavy (non-hydrogen) atoms. The van der Waals surface area contributed by atoms with E-state index in [0.29, 0.717) is 49.9 Å². The standard InChI is InChI=1S/C26H32ClN3O4/c1-19(2)24-25(32)30(15-16-33-21-8-4-3-5-9-21)26(28-24)11-13-29(14-12-26)23(31)18-34-22-10-6-7-20(27)17-22/h3-10,17,19,24,28H,11-16,18H2,1-2H3. The number of benzene rings is 2. The lowest BCUT2D eigenvalue weighted by atomic mass is 9.95. The van der Waals surface area contributed by atoms with E-state index in [2.05, 4.69) is 19.2 Å². The van der Waals surface area contributed by atoms with Crippen LogP contribution in [0.2, 0.25) is 5.02 Å². The smallest absolute Gasteiger partial charge is 0.260 e. The third-order valence-corrected chi connectivity index (χ3v) is 6.80. The Hall–Kier alpha value is -2.77. The number of carbonyl (C=O) groups excluding carboxylic acids is 2. The van der Waals surface area contributed by atoms with Gasteiger partial charge in [-0.05, 0) is 36.2 Å². The second-order valence-corrected chi connectivity index (χ2v) is 9.61. The van der Waals surface area contributed by atoms with Crippen molar-refractivity contribution in [2.75, 3.05) is 32.8 Å². The van der Waals surface area contributed by atoms with Crippen LogP contribution in [0.5, 0.6) is 11.5 Å². The van der Waals surface area contributed by atoms with Gasteiger partial charge in [0.05, 0.1) is 18.2 Å². The molecule has 8 heteroatoms. The monoisotopic (exact) mass is 485 g/mol. The third kappa shape index (κ3) is 5.47. The van der Waals surface area contributed by atoms with E-state index >= 15 is 0 Å². The zero-order valence-electron chi connectivity index (χ0n) is 19.7. The van der Waals surface area contributed by atoms with Gasteiger partial charge in [-0.15, -0.1) is 0 Å². The molecular weight excluding hydrogens is 454 g/mol. The fraction of sp³-hybridized carbons (Fsp3) is 0.462. The fourth-order valence-corrected chi connectivity index (χ4v) is 4.87. The van der Waals surface area contributed by atoms with Crippen molar-refractivity contribution in [2.24, 2.45) is 5.92 Å². The van der Waals surface area contributed by atoms with Crippen LogP contribution in [-0.2, 0) is 9.59 Å². The van der Waals surface area contributed by atoms with Crippen LogP contribution in [-0.4, -0.2) is 66.2 Å². The van der Waals surface area contributed by atoms with Crippen LogP contribution in [0.15, 0.2) is 54.6 Å². The first-order valence-electron chi connectivity index (χ1n) is 11.8. The average Bonchev–Trinajstić information content (AvgIpc) is 3.10. The SMILES string of the molecule is CC(C)C1NC2(CCN(C(=O)COc3cccc(Cl)c3)CC2)N(CCOc2ccccc2)C1=O. The summed E-state index contributed by atoms with van der Waals surface area (Å²) in [7, 11) is 0. The van der Waals surface area contributed by atoms with E-state index < -0.39 is 5.66 Å². The molecule has 1 spiro atoms. The van der Waals surface area contributed by atoms with Gasteiger partial charge in [0, 0.05) is 31.0 Å². The van der Waals surface area contributed by atoms with Crippen LogP contribution in [0.3, 0.4) is 0 Å². The van der Waals surface area contributed by atoms with Crippen LogP contribution in [0, 0.1) is 5.92 Å². The Morgan fingerprint density at radius 2 is 1.79 bits per heavy atom. The summed E-state index contributed by atoms with van der Waals surface area (Å²) in [5, 5.41) is 4.18. The Kier molecular flexibility index (Phi) is 7.63. The number of carbonyl (C=O) groups is 2. The minimum atomic E-state index is -0.462. The molecule has 182 valence electrons. The molecular formula is C26H32ClN3O4. The van der Waals surface area contributed by atoms with Crippen molar-refractivity contribution in [3.63, 3.8) is 0 Å². The van der Waals surface area contributed by atoms with Gasteiger partial charge in [0.2, 0.25) is 5.91 Å². The number of para-hydroxylation sites is 1. The lowest BCUT2D eigenvalue weighted by Gasteiger charge is -2.44. The molecule has 2 amide bonds. The molecule has 1 atom stereocenters. The summed E-state index contributed by atoms with van der Waals surface area (Å²) in [5.41, 5.74) is -0.462. The summed E-state index contributed by atoms with van der Waals surface area (Å²) in [5.74, 6) is 1.57. The summed E-state index contributed by atoms with van der Waals surface area (Å²) in [6.45, 7) is 6.09. The summed E-state index contributed by atoms with van der Waals surface area (Å²) in [4.78, 5) is 29.8. The van der Waals surface area contributed by atoms with Gasteiger partial charge in [0.25, 0.3) is 5.91 Å². The van der Waals surface area contributed by atoms with Gasteiger partial charge in [-0.1, -0.05) is 49.7 Å². The van der Waals surface area contributed by atoms with Crippen LogP contribution in [0.1, 0.15) is 26.7 Å². The quantitative estimate of drug-likeness (QED) is 0.619. The maximum Gasteiger partial charge on any atom is 0.260 e. The maximum absolute atomic E-state index is 13.3. The molecule has 1 unspecified atom stereocenters. The molecule has 2 aromatic carbocycles. The van der Waals surface area contributed by atoms with Crippen molar-refractivity contribution in [3.05, 3.63) is 59.6 Å². The minimum absolute atomic E-state index is 0.0387. The van der Waals surface area contributed by atoms with E-state index in [-0.39, 0.29) is 30.4 Å². The van der Waals surface area contributed by atoms with Gasteiger partial charge in [-0.3, -0.25) is 14.9 Å². The van der Waals surface area contributed by atoms with Gasteiger partial charge in [-0.2, -0.15) is 0 Å². The van der Waals surface area contributed by atoms with Gasteiger partial charge < -0.3 is 19.3 Å². The van der Waals surface area contributed by atoms with E-state index in [1.165, 1.54) is 0 Å². The van der Waals surface area contributed by atoms with Crippen LogP contribution >= 0.6 is 11.6 Å². The average molecular weight is 486 g/mol. The molecule has 0 aromatic heterocycles. The van der Waals surface area contributed by atoms with E-state index in [1.807, 2.05) is 40.1 Å². The highest BCUT2D eigenvalue weighted by Gasteiger charge is 2.52. The Balaban J connectivity index is 1.36. The third-order valence-electron chi connectivity index (χ3n) is 6.57. The van der Waals surface area contributed by atoms with Crippen LogP contribution < -0.4 is 14.8 Å². The maximum atomic E-state index is 13.3. The molecule has 0 bridgehead atoms. The van der Waals surface area contributed by atoms with E-state index in [9.17, 15) is 9.59 Å². The van der Waals surface area contributed by atoms with Gasteiger partial charge >= 0.3 is 0 Å². The lowest BCUT2D eigenvalue weighted by molar-refractivity contribution is -0.138. The van der Waals surface area contributed by atoms with Crippen molar-refractivity contribution in [2.45, 2.75) is 38.4 Å². The first kappa shape index (κ1) is 24.4. The van der Waals surface area contributed by atoms with Crippen molar-refractivity contribution in [1.29, 1.82) is 0 Å². The molecule has 2 fully saturated rings. The van der Waals surface area contributed by atoms with Crippen molar-refractivity contribution < 1.29 is 19.1 Å². The second kappa shape index (κ2) is 10.7. The molecule has 2 aliphatic rings. The lowest BCUT2D eigenvalue weighted by Crippen LogP contribution is -2.60. The molecule has 2 aliphatic heterocycles. The van der Waals surface area contributed by atoms with Crippen molar-refractivity contribution in [1.82, 2.24) is 15.1 Å². The summed E-state index contributed by atoms with van der Waals surface area (Å²) < 4.78 is 11.5. The Morgan fingerprint density at radius 1 is 1.09 bits per heavy atom. The zero-order chi connectivity index (χ0) is 24.1. The molecule has 7 nitrogen and oxygen atoms in total. The number of halogens is 1. The topological polar surface area (TPSA) is 71.1 Å². The molecule has 0 radical (unpaired) electrons. The number of hydrogen-bond acceptors (Lipinski definition) is 5. The summed E-state index contributed by atoms with van der Waals surface area (Å²) in [6.07, 6.45) is 1.33. The number of amides is 2. The first-order valence-corrected chi connectivity index (χ1v) is 12.2. The number of ether oxygens (including phenoxy) is 2. The first-order chi connectivity index (χ1) is 16.4. The predicted octanol–water partition coefficient (Wildman–Crippen LogP) is 3.57. The number of hydrogen-bond donors (Lipinski definition) is 1. The zero-order valence-corrected chi connectivity index (χ0v) is 20.5. The molecule has 2 heterocycles. The number of nitrogens with zero attached hydrogens (tertiary/aromatic N) is 2. The highest BCUT2D eigenvalue weighted by Crippen LogP contribution is 2.34. The Labute approximate surface area is 206 Å². The predicted molar refractivity (Wildman–Crippen MR) is 131 cm³/mol. The summed E-state index contributed by atoms with van der Waals surface area (Å²) >= 11 is 5.99. The fourth-order valence-electron chi connectivity index (χ4n) is 4.69. The van der Waals surface area contributed by atoms with Crippen LogP contribution in [0.25, 0.3) is 0 Å². The van der Waals surface area contributed by atoms with E-state index in [0.717, 1.165) is 5.75 Å². The van der Waals surface area contributed by atoms with Crippen molar-refractivity contribution in [3.8, 4) is 11.5 Å². The molecule has 2 saturated heterocycles. The molecule has 0 saturated carbocycles. The Bertz CT molecular complexity index is 993. The number of nitrogens with one attached hydrogen (secondary N) is 1. The highest BCUT2D eigenvalue weighted by atomic mass is 35.5. The molecule has 0 aliphatic carbocycles. The van der Waals surface area contributed by atoms with E-state index in [1.54, 1.807) is 24.3 Å². The second-order valence-electron chi connectivity index (χ2n) is 9.18. The number of rotatable bonds is 8. The molecule has 1 N–H and O–H groups in total. The van der Waals surface area contributed by atoms with Gasteiger partial charge in [0.1, 0.15) is 18.1 Å². The number of piperidine rings is 1. The summed E-state index contributed by atoms with van der Waals surface area (Å²) in [6, 6.07) is 16.4. The normalized spacial score (nSPS) is 19.6. The Morgan fingerprint density at radius 3 is 2.47 bits per heavy atom. The van der Waals surface area contributed by atoms with E-state index in [4.69, 9.17) is 21.1 Å². The molecule has 4 rings (SSSR count). The van der Waals surface area contributed by atoms with Gasteiger partial charge in [0.15, 0.2) is 6.61 Å². The van der Waals surface area contributed by atoms with Gasteiger partial charge in [-0.25, -0.2) is 0 Å². The largest absolute Gasteiger partial charge is 0.492 e. The van der Waals surface area contributed by atoms with Crippen molar-refractivity contribution >= 4 is 23.4 Å². The molecule has 2 aromatic rings. The van der Waals surface area contributed by atoms with Crippen LogP contribution in [0.4, 0.5) is 0 Å². The number of likely N-dealkylation sites (tertiary alicyclic amines) is 1. The highest BCUT2D eigenvalue weighted by molar-refractivity contribution is 6.30.